The van der Waals surface area contributed by atoms with Crippen LogP contribution < -0.4 is 0 Å². The van der Waals surface area contributed by atoms with Gasteiger partial charge in [0, 0.05) is 49.8 Å². The molecule has 1 heterocycles. The fourth-order valence-electron chi connectivity index (χ4n) is 1.72. The van der Waals surface area contributed by atoms with Crippen molar-refractivity contribution in [2.45, 2.75) is 54.9 Å². The Kier molecular flexibility index (Phi) is 25.5. The van der Waals surface area contributed by atoms with E-state index in [1.807, 2.05) is 72.0 Å². The Morgan fingerprint density at radius 2 is 1.57 bits per heavy atom. The van der Waals surface area contributed by atoms with Crippen molar-refractivity contribution in [1.29, 1.82) is 0 Å². The second kappa shape index (κ2) is 19.4. The molecule has 131 valence electrons. The van der Waals surface area contributed by atoms with Gasteiger partial charge in [0.2, 0.25) is 0 Å². The molecule has 0 unspecified atom stereocenters. The summed E-state index contributed by atoms with van der Waals surface area (Å²) in [6.07, 6.45) is 2.46. The summed E-state index contributed by atoms with van der Waals surface area (Å²) in [5.74, 6) is -1.09. The minimum absolute atomic E-state index is 0. The molecule has 1 atom stereocenters. The molecule has 0 bridgehead atoms. The Morgan fingerprint density at radius 3 is 2.04 bits per heavy atom. The number of fused-ring (bicyclic) bond motifs is 1. The van der Waals surface area contributed by atoms with Gasteiger partial charge in [-0.15, -0.1) is 0 Å². The van der Waals surface area contributed by atoms with Gasteiger partial charge in [0.05, 0.1) is 5.92 Å². The number of hydrogen-bond donors (Lipinski definition) is 2. The van der Waals surface area contributed by atoms with Crippen LogP contribution in [0.5, 0.6) is 0 Å². The van der Waals surface area contributed by atoms with Crippen molar-refractivity contribution in [1.82, 2.24) is 4.98 Å². The third-order valence-corrected chi connectivity index (χ3v) is 2.62. The van der Waals surface area contributed by atoms with Crippen molar-refractivity contribution in [3.63, 3.8) is 0 Å². The van der Waals surface area contributed by atoms with Gasteiger partial charge in [0.15, 0.2) is 0 Å². The second-order valence-electron chi connectivity index (χ2n) is 3.80. The van der Waals surface area contributed by atoms with Gasteiger partial charge < -0.3 is 17.5 Å². The molecule has 3 nitrogen and oxygen atoms in total. The van der Waals surface area contributed by atoms with Gasteiger partial charge in [0.25, 0.3) is 0 Å². The molecule has 1 aromatic carbocycles. The molecule has 2 N–H and O–H groups in total. The molecule has 0 fully saturated rings. The molecule has 4 heteroatoms. The average molecular weight is 397 g/mol. The van der Waals surface area contributed by atoms with Gasteiger partial charge in [-0.05, 0) is 18.1 Å². The minimum Gasteiger partial charge on any atom is -0.481 e. The molecule has 0 amide bonds. The standard InChI is InChI=1S/C12H13NO2.3C2H6.CH3.Y/c1-8(12(14)15)6-9-7-13-11-5-3-2-4-10(9)11;3*1-2;;/h2-5,7-8,13H,6H2,1H3,(H,14,15);3*1-2H3;1H3;/q;;;;-1;/t8-;;;;;/m0...../s1. The fraction of sp³-hybridized carbons (Fsp3) is 0.474. The van der Waals surface area contributed by atoms with Crippen LogP contribution in [0, 0.1) is 13.3 Å². The van der Waals surface area contributed by atoms with E-state index in [2.05, 4.69) is 4.98 Å². The van der Waals surface area contributed by atoms with E-state index in [1.54, 1.807) is 6.92 Å². The summed E-state index contributed by atoms with van der Waals surface area (Å²) < 4.78 is 0. The molecule has 23 heavy (non-hydrogen) atoms. The van der Waals surface area contributed by atoms with Crippen molar-refractivity contribution in [3.05, 3.63) is 43.5 Å². The van der Waals surface area contributed by atoms with E-state index in [-0.39, 0.29) is 46.1 Å². The Hall–Kier alpha value is -0.666. The van der Waals surface area contributed by atoms with Crippen molar-refractivity contribution >= 4 is 16.9 Å². The van der Waals surface area contributed by atoms with E-state index in [4.69, 9.17) is 5.11 Å². The number of aliphatic carboxylic acids is 1. The maximum absolute atomic E-state index is 10.8. The number of para-hydroxylation sites is 1. The van der Waals surface area contributed by atoms with Gasteiger partial charge >= 0.3 is 5.97 Å². The number of carbonyl (C=O) groups is 1. The zero-order chi connectivity index (χ0) is 16.8. The van der Waals surface area contributed by atoms with Crippen LogP contribution in [0.25, 0.3) is 10.9 Å². The van der Waals surface area contributed by atoms with Crippen LogP contribution in [0.1, 0.15) is 54.0 Å². The molecule has 1 radical (unpaired) electrons. The van der Waals surface area contributed by atoms with Gasteiger partial charge in [-0.25, -0.2) is 0 Å². The van der Waals surface area contributed by atoms with Crippen LogP contribution in [0.15, 0.2) is 30.5 Å². The van der Waals surface area contributed by atoms with E-state index in [0.717, 1.165) is 16.5 Å². The van der Waals surface area contributed by atoms with Crippen LogP contribution in [-0.4, -0.2) is 16.1 Å². The molecule has 2 rings (SSSR count). The topological polar surface area (TPSA) is 53.1 Å². The Labute approximate surface area is 168 Å². The third kappa shape index (κ3) is 10.7. The van der Waals surface area contributed by atoms with Gasteiger partial charge in [-0.1, -0.05) is 66.7 Å². The van der Waals surface area contributed by atoms with Crippen LogP contribution in [0.3, 0.4) is 0 Å². The largest absolute Gasteiger partial charge is 0.481 e. The summed E-state index contributed by atoms with van der Waals surface area (Å²) in [7, 11) is 0. The first-order valence-electron chi connectivity index (χ1n) is 7.96. The number of carboxylic acid groups (broad SMARTS) is 1. The number of nitrogens with one attached hydrogen (secondary N) is 1. The number of benzene rings is 1. The molecule has 0 aliphatic rings. The van der Waals surface area contributed by atoms with Crippen molar-refractivity contribution in [2.24, 2.45) is 5.92 Å². The molecule has 2 aromatic rings. The summed E-state index contributed by atoms with van der Waals surface area (Å²) >= 11 is 0. The van der Waals surface area contributed by atoms with Crippen LogP contribution in [0.2, 0.25) is 0 Å². The third-order valence-electron chi connectivity index (χ3n) is 2.62. The molecule has 0 saturated carbocycles. The summed E-state index contributed by atoms with van der Waals surface area (Å²) in [5, 5.41) is 9.96. The van der Waals surface area contributed by atoms with Crippen molar-refractivity contribution in [2.75, 3.05) is 0 Å². The first kappa shape index (κ1) is 30.2. The SMILES string of the molecule is CC.CC.CC.C[C@@H](Cc1c[nH]c2ccccc12)C(=O)O.[CH3-].[Y]. The Balaban J connectivity index is -0.000000204. The molecule has 1 aromatic heterocycles. The number of carboxylic acids is 1. The summed E-state index contributed by atoms with van der Waals surface area (Å²) in [4.78, 5) is 13.9. The summed E-state index contributed by atoms with van der Waals surface area (Å²) in [6, 6.07) is 7.92. The van der Waals surface area contributed by atoms with Crippen LogP contribution in [-0.2, 0) is 43.9 Å². The van der Waals surface area contributed by atoms with E-state index >= 15 is 0 Å². The number of aromatic amines is 1. The quantitative estimate of drug-likeness (QED) is 0.628. The van der Waals surface area contributed by atoms with E-state index in [9.17, 15) is 4.79 Å². The van der Waals surface area contributed by atoms with E-state index in [1.165, 1.54) is 0 Å². The summed E-state index contributed by atoms with van der Waals surface area (Å²) in [6.45, 7) is 13.7. The average Bonchev–Trinajstić information content (AvgIpc) is 2.96. The summed E-state index contributed by atoms with van der Waals surface area (Å²) in [5.41, 5.74) is 2.13. The molecule has 0 aliphatic carbocycles. The van der Waals surface area contributed by atoms with Gasteiger partial charge in [-0.3, -0.25) is 4.79 Å². The van der Waals surface area contributed by atoms with Crippen molar-refractivity contribution < 1.29 is 42.6 Å². The number of rotatable bonds is 3. The van der Waals surface area contributed by atoms with Gasteiger partial charge in [-0.2, -0.15) is 0 Å². The predicted octanol–water partition coefficient (Wildman–Crippen LogP) is 5.96. The predicted molar refractivity (Wildman–Crippen MR) is 99.3 cm³/mol. The first-order chi connectivity index (χ1) is 10.2. The first-order valence-corrected chi connectivity index (χ1v) is 7.96. The number of aromatic nitrogens is 1. The maximum atomic E-state index is 10.8. The Bertz CT molecular complexity index is 495. The molecular weight excluding hydrogens is 363 g/mol. The smallest absolute Gasteiger partial charge is 0.306 e. The van der Waals surface area contributed by atoms with E-state index < -0.39 is 5.97 Å². The fourth-order valence-corrected chi connectivity index (χ4v) is 1.72. The van der Waals surface area contributed by atoms with Gasteiger partial charge in [0.1, 0.15) is 0 Å². The molecule has 0 aliphatic heterocycles. The second-order valence-corrected chi connectivity index (χ2v) is 3.80. The molecule has 0 spiro atoms. The Morgan fingerprint density at radius 1 is 1.09 bits per heavy atom. The number of hydrogen-bond acceptors (Lipinski definition) is 1. The van der Waals surface area contributed by atoms with Crippen LogP contribution >= 0.6 is 0 Å². The van der Waals surface area contributed by atoms with Crippen LogP contribution in [0.4, 0.5) is 0 Å². The maximum Gasteiger partial charge on any atom is 0.306 e. The zero-order valence-electron chi connectivity index (χ0n) is 16.1. The molecular formula is C19H34NO2Y-. The minimum atomic E-state index is -0.750. The monoisotopic (exact) mass is 397 g/mol. The van der Waals surface area contributed by atoms with E-state index in [0.29, 0.717) is 6.42 Å². The van der Waals surface area contributed by atoms with Crippen molar-refractivity contribution in [3.8, 4) is 0 Å². The molecule has 0 saturated heterocycles. The number of H-pyrrole nitrogens is 1. The normalized spacial score (nSPS) is 9.17. The zero-order valence-corrected chi connectivity index (χ0v) is 18.9.